The van der Waals surface area contributed by atoms with Gasteiger partial charge in [-0.05, 0) is 41.1 Å². The van der Waals surface area contributed by atoms with Gasteiger partial charge >= 0.3 is 0 Å². The van der Waals surface area contributed by atoms with Crippen molar-refractivity contribution in [3.63, 3.8) is 0 Å². The first kappa shape index (κ1) is 20.2. The fourth-order valence-electron chi connectivity index (χ4n) is 4.41. The maximum absolute atomic E-state index is 7.20. The number of hydrogen-bond donors (Lipinski definition) is 1. The van der Waals surface area contributed by atoms with E-state index < -0.39 is 8.32 Å². The van der Waals surface area contributed by atoms with Crippen LogP contribution >= 0.6 is 12.2 Å². The van der Waals surface area contributed by atoms with Gasteiger partial charge in [0, 0.05) is 12.0 Å². The molecule has 0 aromatic heterocycles. The molecular weight excluding hydrogens is 366 g/mol. The normalized spacial score (nSPS) is 21.0. The second-order valence-electron chi connectivity index (χ2n) is 8.66. The summed E-state index contributed by atoms with van der Waals surface area (Å²) in [5.41, 5.74) is 5.89. The second-order valence-corrected chi connectivity index (χ2v) is 13.4. The van der Waals surface area contributed by atoms with Crippen molar-refractivity contribution in [3.8, 4) is 0 Å². The predicted octanol–water partition coefficient (Wildman–Crippen LogP) is 4.41. The Balaban J connectivity index is 2.01. The molecule has 0 atom stereocenters. The van der Waals surface area contributed by atoms with Gasteiger partial charge in [0.25, 0.3) is 8.32 Å². The average molecular weight is 398 g/mol. The molecule has 2 N–H and O–H groups in total. The van der Waals surface area contributed by atoms with Gasteiger partial charge in [-0.1, -0.05) is 93.7 Å². The summed E-state index contributed by atoms with van der Waals surface area (Å²) in [6, 6.07) is 21.7. The van der Waals surface area contributed by atoms with Crippen LogP contribution in [0.1, 0.15) is 46.5 Å². The van der Waals surface area contributed by atoms with Gasteiger partial charge in [0.05, 0.1) is 4.99 Å². The van der Waals surface area contributed by atoms with Crippen molar-refractivity contribution in [2.75, 3.05) is 0 Å². The summed E-state index contributed by atoms with van der Waals surface area (Å²) in [6.45, 7) is 7.00. The highest BCUT2D eigenvalue weighted by Gasteiger charge is 2.51. The third kappa shape index (κ3) is 4.18. The van der Waals surface area contributed by atoms with E-state index in [0.717, 1.165) is 25.7 Å². The fraction of sp³-hybridized carbons (Fsp3) is 0.435. The van der Waals surface area contributed by atoms with Crippen LogP contribution in [-0.2, 0) is 4.43 Å². The predicted molar refractivity (Wildman–Crippen MR) is 121 cm³/mol. The van der Waals surface area contributed by atoms with Gasteiger partial charge < -0.3 is 10.2 Å². The van der Waals surface area contributed by atoms with Crippen LogP contribution in [-0.4, -0.2) is 19.4 Å². The van der Waals surface area contributed by atoms with E-state index >= 15 is 0 Å². The molecule has 0 heterocycles. The van der Waals surface area contributed by atoms with Crippen LogP contribution in [0.15, 0.2) is 60.7 Å². The molecular formula is C23H31NOSSi. The Morgan fingerprint density at radius 2 is 1.33 bits per heavy atom. The van der Waals surface area contributed by atoms with Crippen LogP contribution < -0.4 is 16.1 Å². The van der Waals surface area contributed by atoms with Crippen LogP contribution in [0.3, 0.4) is 0 Å². The number of nitrogens with two attached hydrogens (primary N) is 1. The smallest absolute Gasteiger partial charge is 0.261 e. The largest absolute Gasteiger partial charge is 0.404 e. The molecule has 2 nitrogen and oxygen atoms in total. The standard InChI is InChI=1S/C23H31NOSSi/c1-23(2,3)27(20-10-6-4-7-11-20,21-12-8-5-9-13-21)25-19-16-14-18(15-17-19)22(24)26/h4-13,18-19H,14-17H2,1-3H3,(H2,24,26). The van der Waals surface area contributed by atoms with Crippen molar-refractivity contribution < 1.29 is 4.43 Å². The molecule has 0 unspecified atom stereocenters. The molecule has 27 heavy (non-hydrogen) atoms. The maximum atomic E-state index is 7.20. The van der Waals surface area contributed by atoms with Gasteiger partial charge in [-0.2, -0.15) is 0 Å². The molecule has 0 bridgehead atoms. The molecule has 1 saturated carbocycles. The van der Waals surface area contributed by atoms with E-state index in [2.05, 4.69) is 81.4 Å². The Morgan fingerprint density at radius 3 is 1.70 bits per heavy atom. The maximum Gasteiger partial charge on any atom is 0.261 e. The molecule has 1 aliphatic carbocycles. The summed E-state index contributed by atoms with van der Waals surface area (Å²) in [4.78, 5) is 0.666. The lowest BCUT2D eigenvalue weighted by Crippen LogP contribution is -2.67. The van der Waals surface area contributed by atoms with Gasteiger partial charge in [0.1, 0.15) is 0 Å². The Bertz CT molecular complexity index is 709. The quantitative estimate of drug-likeness (QED) is 0.600. The summed E-state index contributed by atoms with van der Waals surface area (Å²) in [5.74, 6) is 0.374. The SMILES string of the molecule is CC(C)(C)[Si](OC1CCC(C(N)=S)CC1)(c1ccccc1)c1ccccc1. The zero-order chi connectivity index (χ0) is 19.5. The van der Waals surface area contributed by atoms with Crippen LogP contribution in [0.5, 0.6) is 0 Å². The Kier molecular flexibility index (Phi) is 6.19. The summed E-state index contributed by atoms with van der Waals surface area (Å²) >= 11 is 5.22. The molecule has 2 aromatic rings. The Morgan fingerprint density at radius 1 is 0.889 bits per heavy atom. The molecule has 2 aromatic carbocycles. The zero-order valence-electron chi connectivity index (χ0n) is 16.7. The van der Waals surface area contributed by atoms with Crippen LogP contribution in [0.4, 0.5) is 0 Å². The minimum absolute atomic E-state index is 0.0235. The number of benzene rings is 2. The van der Waals surface area contributed by atoms with Gasteiger partial charge in [0.2, 0.25) is 0 Å². The molecule has 0 radical (unpaired) electrons. The first-order valence-electron chi connectivity index (χ1n) is 9.93. The Hall–Kier alpha value is -1.49. The minimum Gasteiger partial charge on any atom is -0.404 e. The summed E-state index contributed by atoms with van der Waals surface area (Å²) in [7, 11) is -2.45. The number of rotatable bonds is 5. The highest BCUT2D eigenvalue weighted by molar-refractivity contribution is 7.80. The molecule has 1 fully saturated rings. The third-order valence-electron chi connectivity index (χ3n) is 5.84. The summed E-state index contributed by atoms with van der Waals surface area (Å²) in [6.07, 6.45) is 4.41. The van der Waals surface area contributed by atoms with Crippen LogP contribution in [0.2, 0.25) is 5.04 Å². The van der Waals surface area contributed by atoms with Crippen molar-refractivity contribution in [3.05, 3.63) is 60.7 Å². The molecule has 0 amide bonds. The summed E-state index contributed by atoms with van der Waals surface area (Å²) in [5, 5.41) is 2.72. The van der Waals surface area contributed by atoms with E-state index in [-0.39, 0.29) is 11.1 Å². The van der Waals surface area contributed by atoms with Gasteiger partial charge in [-0.15, -0.1) is 0 Å². The van der Waals surface area contributed by atoms with Crippen LogP contribution in [0, 0.1) is 5.92 Å². The highest BCUT2D eigenvalue weighted by Crippen LogP contribution is 2.39. The second kappa shape index (κ2) is 8.25. The molecule has 0 aliphatic heterocycles. The molecule has 144 valence electrons. The fourth-order valence-corrected chi connectivity index (χ4v) is 9.39. The van der Waals surface area contributed by atoms with Crippen molar-refractivity contribution in [1.82, 2.24) is 0 Å². The first-order valence-corrected chi connectivity index (χ1v) is 12.2. The lowest BCUT2D eigenvalue weighted by Gasteiger charge is -2.46. The van der Waals surface area contributed by atoms with Crippen molar-refractivity contribution in [2.45, 2.75) is 57.6 Å². The van der Waals surface area contributed by atoms with Crippen molar-refractivity contribution in [2.24, 2.45) is 11.7 Å². The van der Waals surface area contributed by atoms with E-state index in [1.165, 1.54) is 10.4 Å². The topological polar surface area (TPSA) is 35.2 Å². The van der Waals surface area contributed by atoms with E-state index in [1.807, 2.05) is 0 Å². The van der Waals surface area contributed by atoms with Gasteiger partial charge in [0.15, 0.2) is 0 Å². The van der Waals surface area contributed by atoms with Crippen molar-refractivity contribution in [1.29, 1.82) is 0 Å². The lowest BCUT2D eigenvalue weighted by molar-refractivity contribution is 0.134. The number of thiocarbonyl (C=S) groups is 1. The third-order valence-corrected chi connectivity index (χ3v) is 11.3. The highest BCUT2D eigenvalue weighted by atomic mass is 32.1. The zero-order valence-corrected chi connectivity index (χ0v) is 18.5. The average Bonchev–Trinajstić information content (AvgIpc) is 2.67. The summed E-state index contributed by atoms with van der Waals surface area (Å²) < 4.78 is 7.20. The molecule has 3 rings (SSSR count). The van der Waals surface area contributed by atoms with Crippen molar-refractivity contribution >= 4 is 35.9 Å². The molecule has 4 heteroatoms. The molecule has 0 saturated heterocycles. The van der Waals surface area contributed by atoms with E-state index in [9.17, 15) is 0 Å². The molecule has 0 spiro atoms. The monoisotopic (exact) mass is 397 g/mol. The van der Waals surface area contributed by atoms with E-state index in [1.54, 1.807) is 0 Å². The number of hydrogen-bond acceptors (Lipinski definition) is 2. The van der Waals surface area contributed by atoms with Gasteiger partial charge in [-0.25, -0.2) is 0 Å². The van der Waals surface area contributed by atoms with Crippen LogP contribution in [0.25, 0.3) is 0 Å². The molecule has 1 aliphatic rings. The first-order chi connectivity index (χ1) is 12.8. The van der Waals surface area contributed by atoms with Gasteiger partial charge in [-0.3, -0.25) is 0 Å². The van der Waals surface area contributed by atoms with E-state index in [0.29, 0.717) is 10.9 Å². The van der Waals surface area contributed by atoms with E-state index in [4.69, 9.17) is 22.4 Å². The Labute approximate surface area is 170 Å². The lowest BCUT2D eigenvalue weighted by atomic mass is 9.87. The minimum atomic E-state index is -2.45.